The number of rotatable bonds is 5. The first-order chi connectivity index (χ1) is 17.8. The number of benzene rings is 3. The molecule has 2 aliphatic heterocycles. The van der Waals surface area contributed by atoms with Gasteiger partial charge in [-0.05, 0) is 0 Å². The number of carbonyl (C=O) groups excluding carboxylic acids is 2. The van der Waals surface area contributed by atoms with E-state index in [1.54, 1.807) is 30.3 Å². The van der Waals surface area contributed by atoms with E-state index in [2.05, 4.69) is 0 Å². The van der Waals surface area contributed by atoms with Crippen molar-refractivity contribution in [1.82, 2.24) is 4.90 Å². The van der Waals surface area contributed by atoms with E-state index in [1.165, 1.54) is 35.6 Å². The molecule has 0 aromatic heterocycles. The number of nitrogens with zero attached hydrogens (tertiary/aromatic N) is 2. The van der Waals surface area contributed by atoms with Crippen molar-refractivity contribution in [1.29, 1.82) is 0 Å². The molecule has 0 saturated carbocycles. The van der Waals surface area contributed by atoms with Crippen molar-refractivity contribution >= 4 is 47.2 Å². The maximum atomic E-state index is 14.1. The second-order valence-corrected chi connectivity index (χ2v) is 13.4. The molecule has 0 radical (unpaired) electrons. The first kappa shape index (κ1) is 25.3. The van der Waals surface area contributed by atoms with Gasteiger partial charge < -0.3 is 0 Å². The van der Waals surface area contributed by atoms with Gasteiger partial charge in [-0.3, -0.25) is 0 Å². The van der Waals surface area contributed by atoms with Crippen LogP contribution in [0.5, 0.6) is 0 Å². The van der Waals surface area contributed by atoms with Gasteiger partial charge in [0.05, 0.1) is 0 Å². The summed E-state index contributed by atoms with van der Waals surface area (Å²) in [5.74, 6) is -1.57. The summed E-state index contributed by atoms with van der Waals surface area (Å²) < 4.78 is 39.5. The van der Waals surface area contributed by atoms with Crippen LogP contribution in [0.1, 0.15) is 18.4 Å². The number of likely N-dealkylation sites (tertiary alicyclic amines) is 1. The van der Waals surface area contributed by atoms with Crippen molar-refractivity contribution in [2.75, 3.05) is 18.5 Å². The second-order valence-electron chi connectivity index (χ2n) is 8.84. The molecule has 8 nitrogen and oxygen atoms in total. The standard InChI is InChI=1S/C27H26N2O6SSe/c1-18-23-21-16-10-11-17-22(21)29(36(32,33)19-12-6-4-7-13-19)24(23)28(26(31)35-3)27(18,25(30)34-2)37-20-14-8-5-9-15-20/h4-18,23-24H,1-3H3/t18-,23+,24-,27-/m0/s1. The van der Waals surface area contributed by atoms with Crippen LogP contribution in [0.2, 0.25) is 0 Å². The van der Waals surface area contributed by atoms with Gasteiger partial charge in [0.1, 0.15) is 0 Å². The van der Waals surface area contributed by atoms with Crippen molar-refractivity contribution in [3.8, 4) is 0 Å². The molecule has 0 unspecified atom stereocenters. The monoisotopic (exact) mass is 586 g/mol. The molecule has 10 heteroatoms. The SMILES string of the molecule is COC(=O)N1[C@@H]2[C@@H](c3ccccc3N2S(=O)(=O)c2ccccc2)[C@H](C)[C@]1([Se]c1ccccc1)C(=O)OC. The molecule has 37 heavy (non-hydrogen) atoms. The summed E-state index contributed by atoms with van der Waals surface area (Å²) in [6.07, 6.45) is -1.81. The third-order valence-corrected chi connectivity index (χ3v) is 12.1. The molecule has 3 aromatic rings. The van der Waals surface area contributed by atoms with Gasteiger partial charge in [-0.1, -0.05) is 0 Å². The number of esters is 1. The van der Waals surface area contributed by atoms with Gasteiger partial charge >= 0.3 is 223 Å². The fourth-order valence-corrected chi connectivity index (χ4v) is 10.1. The Balaban J connectivity index is 1.78. The van der Waals surface area contributed by atoms with Crippen LogP contribution in [-0.4, -0.2) is 65.2 Å². The number of anilines is 1. The molecule has 192 valence electrons. The van der Waals surface area contributed by atoms with Crippen LogP contribution in [0.4, 0.5) is 10.5 Å². The average Bonchev–Trinajstić information content (AvgIpc) is 3.39. The van der Waals surface area contributed by atoms with Gasteiger partial charge in [-0.25, -0.2) is 0 Å². The molecule has 0 N–H and O–H groups in total. The van der Waals surface area contributed by atoms with Gasteiger partial charge in [0.2, 0.25) is 0 Å². The van der Waals surface area contributed by atoms with Gasteiger partial charge in [0, 0.05) is 0 Å². The van der Waals surface area contributed by atoms with Gasteiger partial charge in [-0.2, -0.15) is 0 Å². The number of amides is 1. The molecule has 1 amide bonds. The van der Waals surface area contributed by atoms with Crippen LogP contribution in [0, 0.1) is 5.92 Å². The van der Waals surface area contributed by atoms with Crippen molar-refractivity contribution in [2.45, 2.75) is 28.3 Å². The van der Waals surface area contributed by atoms with E-state index >= 15 is 0 Å². The molecular formula is C27H26N2O6SSe. The molecule has 1 saturated heterocycles. The van der Waals surface area contributed by atoms with Crippen LogP contribution in [0.15, 0.2) is 89.8 Å². The molecular weight excluding hydrogens is 559 g/mol. The van der Waals surface area contributed by atoms with Crippen LogP contribution >= 0.6 is 0 Å². The van der Waals surface area contributed by atoms with Crippen LogP contribution in [-0.2, 0) is 24.3 Å². The van der Waals surface area contributed by atoms with E-state index in [0.717, 1.165) is 10.0 Å². The molecule has 3 aromatic carbocycles. The first-order valence-electron chi connectivity index (χ1n) is 11.7. The third kappa shape index (κ3) is 3.74. The number of carbonyl (C=O) groups is 2. The molecule has 2 aliphatic rings. The summed E-state index contributed by atoms with van der Waals surface area (Å²) in [5, 5.41) is 0. The summed E-state index contributed by atoms with van der Waals surface area (Å²) >= 11 is -0.642. The number of fused-ring (bicyclic) bond motifs is 3. The number of ether oxygens (including phenoxy) is 2. The quantitative estimate of drug-likeness (QED) is 0.338. The third-order valence-electron chi connectivity index (χ3n) is 7.04. The zero-order chi connectivity index (χ0) is 26.4. The predicted molar refractivity (Wildman–Crippen MR) is 139 cm³/mol. The molecule has 4 atom stereocenters. The maximum absolute atomic E-state index is 14.1. The van der Waals surface area contributed by atoms with E-state index < -0.39 is 59.5 Å². The zero-order valence-electron chi connectivity index (χ0n) is 20.5. The minimum atomic E-state index is -4.12. The first-order valence-corrected chi connectivity index (χ1v) is 14.8. The Bertz CT molecular complexity index is 1440. The van der Waals surface area contributed by atoms with E-state index in [1.807, 2.05) is 49.4 Å². The van der Waals surface area contributed by atoms with Crippen molar-refractivity contribution < 1.29 is 27.5 Å². The van der Waals surface area contributed by atoms with Crippen LogP contribution in [0.3, 0.4) is 0 Å². The normalized spacial score (nSPS) is 24.4. The summed E-state index contributed by atoms with van der Waals surface area (Å²) in [6.45, 7) is 1.89. The fraction of sp³-hybridized carbons (Fsp3) is 0.259. The van der Waals surface area contributed by atoms with Crippen molar-refractivity contribution in [2.24, 2.45) is 5.92 Å². The fourth-order valence-electron chi connectivity index (χ4n) is 5.47. The Morgan fingerprint density at radius 3 is 2.08 bits per heavy atom. The Labute approximate surface area is 222 Å². The number of sulfonamides is 1. The zero-order valence-corrected chi connectivity index (χ0v) is 23.0. The van der Waals surface area contributed by atoms with Crippen LogP contribution in [0.25, 0.3) is 0 Å². The Hall–Kier alpha value is -3.33. The molecule has 1 fully saturated rings. The molecule has 2 heterocycles. The number of methoxy groups -OCH3 is 2. The average molecular weight is 586 g/mol. The van der Waals surface area contributed by atoms with E-state index in [4.69, 9.17) is 9.47 Å². The van der Waals surface area contributed by atoms with Crippen LogP contribution < -0.4 is 8.77 Å². The number of para-hydroxylation sites is 1. The number of hydrogen-bond donors (Lipinski definition) is 0. The van der Waals surface area contributed by atoms with Crippen molar-refractivity contribution in [3.05, 3.63) is 90.5 Å². The van der Waals surface area contributed by atoms with E-state index in [0.29, 0.717) is 5.69 Å². The molecule has 0 aliphatic carbocycles. The summed E-state index contributed by atoms with van der Waals surface area (Å²) in [5.41, 5.74) is 1.23. The Morgan fingerprint density at radius 2 is 1.46 bits per heavy atom. The van der Waals surface area contributed by atoms with E-state index in [-0.39, 0.29) is 4.90 Å². The topological polar surface area (TPSA) is 93.2 Å². The minimum absolute atomic E-state index is 0.0899. The predicted octanol–water partition coefficient (Wildman–Crippen LogP) is 2.92. The summed E-state index contributed by atoms with van der Waals surface area (Å²) in [6, 6.07) is 24.7. The molecule has 5 rings (SSSR count). The van der Waals surface area contributed by atoms with E-state index in [9.17, 15) is 18.0 Å². The second kappa shape index (κ2) is 9.52. The number of hydrogen-bond acceptors (Lipinski definition) is 6. The van der Waals surface area contributed by atoms with Gasteiger partial charge in [0.25, 0.3) is 0 Å². The summed E-state index contributed by atoms with van der Waals surface area (Å²) in [7, 11) is -1.60. The van der Waals surface area contributed by atoms with Gasteiger partial charge in [0.15, 0.2) is 0 Å². The van der Waals surface area contributed by atoms with Gasteiger partial charge in [-0.15, -0.1) is 0 Å². The molecule has 0 spiro atoms. The Morgan fingerprint density at radius 1 is 0.865 bits per heavy atom. The summed E-state index contributed by atoms with van der Waals surface area (Å²) in [4.78, 5) is 28.7. The molecule has 0 bridgehead atoms. The Kier molecular flexibility index (Phi) is 6.52. The van der Waals surface area contributed by atoms with Crippen molar-refractivity contribution in [3.63, 3.8) is 0 Å².